The predicted octanol–water partition coefficient (Wildman–Crippen LogP) is 0.892. The molecule has 6 heteroatoms. The first-order chi connectivity index (χ1) is 8.93. The van der Waals surface area contributed by atoms with Crippen molar-refractivity contribution < 1.29 is 19.8 Å². The van der Waals surface area contributed by atoms with Gasteiger partial charge in [0.1, 0.15) is 6.04 Å². The molecule has 2 amide bonds. The number of urea groups is 1. The summed E-state index contributed by atoms with van der Waals surface area (Å²) in [6.45, 7) is 0.771. The Hall–Kier alpha value is -1.30. The van der Waals surface area contributed by atoms with Crippen LogP contribution in [-0.2, 0) is 4.79 Å². The molecule has 2 N–H and O–H groups in total. The van der Waals surface area contributed by atoms with Gasteiger partial charge in [0.05, 0.1) is 12.1 Å². The van der Waals surface area contributed by atoms with E-state index >= 15 is 0 Å². The van der Waals surface area contributed by atoms with Crippen LogP contribution in [0.15, 0.2) is 0 Å². The summed E-state index contributed by atoms with van der Waals surface area (Å²) in [5.41, 5.74) is -0.789. The maximum Gasteiger partial charge on any atom is 0.326 e. The van der Waals surface area contributed by atoms with E-state index in [1.807, 2.05) is 0 Å². The monoisotopic (exact) mass is 270 g/mol. The van der Waals surface area contributed by atoms with E-state index in [0.29, 0.717) is 25.8 Å². The average Bonchev–Trinajstić information content (AvgIpc) is 2.96. The number of hydrogen-bond acceptors (Lipinski definition) is 3. The van der Waals surface area contributed by atoms with Crippen LogP contribution >= 0.6 is 0 Å². The largest absolute Gasteiger partial charge is 0.480 e. The second-order valence-corrected chi connectivity index (χ2v) is 5.76. The summed E-state index contributed by atoms with van der Waals surface area (Å²) in [6, 6.07) is -1.00. The Morgan fingerprint density at radius 2 is 1.95 bits per heavy atom. The van der Waals surface area contributed by atoms with E-state index in [1.54, 1.807) is 7.05 Å². The minimum absolute atomic E-state index is 0.286. The number of likely N-dealkylation sites (tertiary alicyclic amines) is 1. The zero-order chi connectivity index (χ0) is 14.0. The van der Waals surface area contributed by atoms with E-state index < -0.39 is 17.6 Å². The summed E-state index contributed by atoms with van der Waals surface area (Å²) in [5.74, 6) is -0.946. The predicted molar refractivity (Wildman–Crippen MR) is 68.8 cm³/mol. The molecule has 1 unspecified atom stereocenters. The molecule has 2 fully saturated rings. The van der Waals surface area contributed by atoms with Crippen LogP contribution in [-0.4, -0.2) is 63.8 Å². The molecule has 0 aromatic rings. The Kier molecular flexibility index (Phi) is 3.99. The summed E-state index contributed by atoms with van der Waals surface area (Å²) in [7, 11) is 1.63. The van der Waals surface area contributed by atoms with Crippen molar-refractivity contribution in [3.63, 3.8) is 0 Å². The van der Waals surface area contributed by atoms with Crippen LogP contribution in [0.2, 0.25) is 0 Å². The van der Waals surface area contributed by atoms with Crippen molar-refractivity contribution in [2.75, 3.05) is 20.1 Å². The highest BCUT2D eigenvalue weighted by molar-refractivity contribution is 5.83. The first-order valence-electron chi connectivity index (χ1n) is 6.90. The van der Waals surface area contributed by atoms with Crippen molar-refractivity contribution in [1.29, 1.82) is 0 Å². The first kappa shape index (κ1) is 14.1. The van der Waals surface area contributed by atoms with Crippen LogP contribution in [0.5, 0.6) is 0 Å². The highest BCUT2D eigenvalue weighted by atomic mass is 16.4. The topological polar surface area (TPSA) is 81.1 Å². The molecule has 0 aromatic carbocycles. The number of carbonyl (C=O) groups excluding carboxylic acids is 1. The van der Waals surface area contributed by atoms with E-state index in [1.165, 1.54) is 9.80 Å². The van der Waals surface area contributed by atoms with Gasteiger partial charge in [0.2, 0.25) is 0 Å². The van der Waals surface area contributed by atoms with Gasteiger partial charge in [-0.25, -0.2) is 9.59 Å². The number of carboxylic acids is 1. The smallest absolute Gasteiger partial charge is 0.326 e. The summed E-state index contributed by atoms with van der Waals surface area (Å²) in [5, 5.41) is 19.4. The number of amides is 2. The standard InChI is InChI=1S/C13H22N2O4/c1-14(9-13(19)6-2-3-7-13)12(18)15-8-4-5-10(15)11(16)17/h10,19H,2-9H2,1H3,(H,16,17). The molecule has 1 heterocycles. The van der Waals surface area contributed by atoms with Crippen molar-refractivity contribution >= 4 is 12.0 Å². The third-order valence-electron chi connectivity index (χ3n) is 4.18. The lowest BCUT2D eigenvalue weighted by molar-refractivity contribution is -0.141. The number of likely N-dealkylation sites (N-methyl/N-ethyl adjacent to an activating group) is 1. The fourth-order valence-electron chi connectivity index (χ4n) is 3.17. The molecule has 1 saturated carbocycles. The second kappa shape index (κ2) is 5.36. The van der Waals surface area contributed by atoms with Gasteiger partial charge < -0.3 is 20.0 Å². The zero-order valence-corrected chi connectivity index (χ0v) is 11.3. The third kappa shape index (κ3) is 3.00. The van der Waals surface area contributed by atoms with Gasteiger partial charge in [-0.05, 0) is 25.7 Å². The van der Waals surface area contributed by atoms with Crippen LogP contribution < -0.4 is 0 Å². The molecule has 1 saturated heterocycles. The number of carboxylic acid groups (broad SMARTS) is 1. The number of hydrogen-bond donors (Lipinski definition) is 2. The number of carbonyl (C=O) groups is 2. The van der Waals surface area contributed by atoms with Gasteiger partial charge in [-0.1, -0.05) is 12.8 Å². The SMILES string of the molecule is CN(CC1(O)CCCC1)C(=O)N1CCCC1C(=O)O. The van der Waals surface area contributed by atoms with Gasteiger partial charge >= 0.3 is 12.0 Å². The molecule has 2 rings (SSSR count). The van der Waals surface area contributed by atoms with Crippen molar-refractivity contribution in [2.45, 2.75) is 50.2 Å². The maximum absolute atomic E-state index is 12.3. The van der Waals surface area contributed by atoms with E-state index in [4.69, 9.17) is 5.11 Å². The molecule has 2 aliphatic rings. The minimum Gasteiger partial charge on any atom is -0.480 e. The minimum atomic E-state index is -0.946. The lowest BCUT2D eigenvalue weighted by Crippen LogP contribution is -2.50. The molecule has 0 bridgehead atoms. The molecular weight excluding hydrogens is 248 g/mol. The van der Waals surface area contributed by atoms with E-state index in [0.717, 1.165) is 19.3 Å². The Labute approximate surface area is 113 Å². The summed E-state index contributed by atoms with van der Waals surface area (Å²) < 4.78 is 0. The van der Waals surface area contributed by atoms with Crippen LogP contribution in [0, 0.1) is 0 Å². The zero-order valence-electron chi connectivity index (χ0n) is 11.3. The van der Waals surface area contributed by atoms with Gasteiger partial charge in [-0.15, -0.1) is 0 Å². The average molecular weight is 270 g/mol. The summed E-state index contributed by atoms with van der Waals surface area (Å²) in [4.78, 5) is 26.2. The van der Waals surface area contributed by atoms with Gasteiger partial charge in [-0.3, -0.25) is 0 Å². The number of aliphatic hydroxyl groups is 1. The second-order valence-electron chi connectivity index (χ2n) is 5.76. The third-order valence-corrected chi connectivity index (χ3v) is 4.18. The number of aliphatic carboxylic acids is 1. The number of nitrogens with zero attached hydrogens (tertiary/aromatic N) is 2. The van der Waals surface area contributed by atoms with Crippen LogP contribution in [0.25, 0.3) is 0 Å². The lowest BCUT2D eigenvalue weighted by atomic mass is 10.0. The molecule has 1 aliphatic carbocycles. The van der Waals surface area contributed by atoms with Crippen molar-refractivity contribution in [3.05, 3.63) is 0 Å². The van der Waals surface area contributed by atoms with E-state index in [-0.39, 0.29) is 12.6 Å². The molecule has 0 aromatic heterocycles. The Balaban J connectivity index is 1.96. The van der Waals surface area contributed by atoms with Crippen LogP contribution in [0.4, 0.5) is 4.79 Å². The van der Waals surface area contributed by atoms with Gasteiger partial charge in [0.25, 0.3) is 0 Å². The summed E-state index contributed by atoms with van der Waals surface area (Å²) in [6.07, 6.45) is 4.64. The first-order valence-corrected chi connectivity index (χ1v) is 6.90. The Bertz CT molecular complexity index is 366. The normalized spacial score (nSPS) is 25.6. The highest BCUT2D eigenvalue weighted by Gasteiger charge is 2.38. The van der Waals surface area contributed by atoms with Gasteiger partial charge in [0, 0.05) is 13.6 Å². The molecule has 0 radical (unpaired) electrons. The van der Waals surface area contributed by atoms with E-state index in [2.05, 4.69) is 0 Å². The van der Waals surface area contributed by atoms with Crippen molar-refractivity contribution in [1.82, 2.24) is 9.80 Å². The summed E-state index contributed by atoms with van der Waals surface area (Å²) >= 11 is 0. The molecule has 0 spiro atoms. The molecule has 108 valence electrons. The Morgan fingerprint density at radius 3 is 2.53 bits per heavy atom. The quantitative estimate of drug-likeness (QED) is 0.798. The van der Waals surface area contributed by atoms with Crippen LogP contribution in [0.1, 0.15) is 38.5 Å². The maximum atomic E-state index is 12.3. The molecule has 1 aliphatic heterocycles. The molecule has 19 heavy (non-hydrogen) atoms. The van der Waals surface area contributed by atoms with Gasteiger partial charge in [0.15, 0.2) is 0 Å². The van der Waals surface area contributed by atoms with E-state index in [9.17, 15) is 14.7 Å². The lowest BCUT2D eigenvalue weighted by Gasteiger charge is -2.32. The fraction of sp³-hybridized carbons (Fsp3) is 0.846. The molecule has 6 nitrogen and oxygen atoms in total. The highest BCUT2D eigenvalue weighted by Crippen LogP contribution is 2.30. The molecular formula is C13H22N2O4. The van der Waals surface area contributed by atoms with Crippen molar-refractivity contribution in [3.8, 4) is 0 Å². The van der Waals surface area contributed by atoms with Crippen LogP contribution in [0.3, 0.4) is 0 Å². The fourth-order valence-corrected chi connectivity index (χ4v) is 3.17. The number of rotatable bonds is 3. The Morgan fingerprint density at radius 1 is 1.32 bits per heavy atom. The van der Waals surface area contributed by atoms with Gasteiger partial charge in [-0.2, -0.15) is 0 Å². The molecule has 1 atom stereocenters. The van der Waals surface area contributed by atoms with Crippen molar-refractivity contribution in [2.24, 2.45) is 0 Å².